The molecule has 2 N–H and O–H groups in total. The summed E-state index contributed by atoms with van der Waals surface area (Å²) in [5, 5.41) is 15.7. The van der Waals surface area contributed by atoms with Gasteiger partial charge in [-0.3, -0.25) is 9.59 Å². The van der Waals surface area contributed by atoms with Crippen LogP contribution in [0.15, 0.2) is 12.1 Å². The van der Waals surface area contributed by atoms with Crippen molar-refractivity contribution in [3.63, 3.8) is 0 Å². The first-order valence-corrected chi connectivity index (χ1v) is 13.8. The van der Waals surface area contributed by atoms with E-state index in [0.717, 1.165) is 63.9 Å². The molecule has 4 saturated carbocycles. The van der Waals surface area contributed by atoms with Crippen molar-refractivity contribution in [3.8, 4) is 11.8 Å². The highest BCUT2D eigenvalue weighted by atomic mass is 19.1. The predicted octanol–water partition coefficient (Wildman–Crippen LogP) is 5.11. The Morgan fingerprint density at radius 3 is 2.53 bits per heavy atom. The van der Waals surface area contributed by atoms with Gasteiger partial charge in [0.1, 0.15) is 17.6 Å². The van der Waals surface area contributed by atoms with Crippen LogP contribution in [-0.2, 0) is 4.79 Å². The molecule has 2 amide bonds. The molecule has 2 bridgehead atoms. The molecule has 4 atom stereocenters. The van der Waals surface area contributed by atoms with Gasteiger partial charge in [-0.1, -0.05) is 20.3 Å². The van der Waals surface area contributed by atoms with E-state index < -0.39 is 11.7 Å². The molecule has 7 heteroatoms. The van der Waals surface area contributed by atoms with Gasteiger partial charge in [-0.2, -0.15) is 5.26 Å². The van der Waals surface area contributed by atoms with Gasteiger partial charge in [0.2, 0.25) is 5.91 Å². The Morgan fingerprint density at radius 2 is 1.86 bits per heavy atom. The fourth-order valence-corrected chi connectivity index (χ4v) is 6.92. The van der Waals surface area contributed by atoms with Gasteiger partial charge < -0.3 is 15.4 Å². The van der Waals surface area contributed by atoms with Gasteiger partial charge in [-0.05, 0) is 93.1 Å². The Balaban J connectivity index is 1.30. The number of rotatable bonds is 7. The van der Waals surface area contributed by atoms with E-state index in [0.29, 0.717) is 12.5 Å². The van der Waals surface area contributed by atoms with Crippen LogP contribution < -0.4 is 15.4 Å². The maximum atomic E-state index is 15.0. The Kier molecular flexibility index (Phi) is 6.98. The Labute approximate surface area is 213 Å². The lowest BCUT2D eigenvalue weighted by Gasteiger charge is -2.39. The van der Waals surface area contributed by atoms with Crippen LogP contribution in [0.3, 0.4) is 0 Å². The third kappa shape index (κ3) is 4.96. The lowest BCUT2D eigenvalue weighted by molar-refractivity contribution is -0.128. The van der Waals surface area contributed by atoms with Crippen molar-refractivity contribution in [1.82, 2.24) is 10.6 Å². The van der Waals surface area contributed by atoms with E-state index in [2.05, 4.69) is 24.5 Å². The zero-order valence-corrected chi connectivity index (χ0v) is 21.4. The fourth-order valence-electron chi connectivity index (χ4n) is 6.92. The third-order valence-electron chi connectivity index (χ3n) is 9.46. The highest BCUT2D eigenvalue weighted by molar-refractivity contribution is 5.96. The monoisotopic (exact) mass is 495 g/mol. The normalized spacial score (nSPS) is 32.3. The number of nitriles is 1. The molecule has 0 radical (unpaired) electrons. The van der Waals surface area contributed by atoms with Crippen molar-refractivity contribution in [2.45, 2.75) is 90.2 Å². The maximum absolute atomic E-state index is 15.0. The van der Waals surface area contributed by atoms with E-state index in [1.807, 2.05) is 6.07 Å². The SMILES string of the molecule is CC1(CNC(=O)[C@H]2[C@@H]3CC[C@@H](C3)[C@H]2NC(=O)c2cc(O[C@H]3CC[C@H](C)CC3)c(C#N)cc2F)CCC1. The van der Waals surface area contributed by atoms with E-state index in [-0.39, 0.29) is 58.1 Å². The fraction of sp³-hybridized carbons (Fsp3) is 0.690. The highest BCUT2D eigenvalue weighted by Gasteiger charge is 2.51. The van der Waals surface area contributed by atoms with Crippen LogP contribution in [0.2, 0.25) is 0 Å². The second-order valence-corrected chi connectivity index (χ2v) is 12.2. The summed E-state index contributed by atoms with van der Waals surface area (Å²) in [6.07, 6.45) is 10.2. The second-order valence-electron chi connectivity index (χ2n) is 12.2. The summed E-state index contributed by atoms with van der Waals surface area (Å²) >= 11 is 0. The van der Waals surface area contributed by atoms with Gasteiger partial charge in [0.25, 0.3) is 5.91 Å². The van der Waals surface area contributed by atoms with Crippen LogP contribution in [0.5, 0.6) is 5.75 Å². The number of hydrogen-bond acceptors (Lipinski definition) is 4. The molecule has 6 nitrogen and oxygen atoms in total. The first kappa shape index (κ1) is 25.0. The molecular formula is C29H38FN3O3. The molecule has 0 aliphatic heterocycles. The van der Waals surface area contributed by atoms with E-state index in [1.165, 1.54) is 12.5 Å². The topological polar surface area (TPSA) is 91.2 Å². The molecule has 4 aliphatic carbocycles. The standard InChI is InChI=1S/C29H38FN3O3/c1-17-4-8-21(9-5-17)36-24-14-22(23(30)13-20(24)15-31)27(34)33-26-19-7-6-18(12-19)25(26)28(35)32-16-29(2)10-3-11-29/h13-14,17-19,21,25-26H,3-12,16H2,1-2H3,(H,32,35)(H,33,34)/t17-,18-,19+,21-,25+,26-/m1/s1. The predicted molar refractivity (Wildman–Crippen MR) is 134 cm³/mol. The number of hydrogen-bond donors (Lipinski definition) is 2. The summed E-state index contributed by atoms with van der Waals surface area (Å²) in [6.45, 7) is 5.09. The number of amides is 2. The van der Waals surface area contributed by atoms with Crippen molar-refractivity contribution >= 4 is 11.8 Å². The van der Waals surface area contributed by atoms with Crippen molar-refractivity contribution < 1.29 is 18.7 Å². The van der Waals surface area contributed by atoms with Crippen LogP contribution in [0.25, 0.3) is 0 Å². The van der Waals surface area contributed by atoms with Crippen molar-refractivity contribution in [1.29, 1.82) is 5.26 Å². The summed E-state index contributed by atoms with van der Waals surface area (Å²) < 4.78 is 21.1. The van der Waals surface area contributed by atoms with Gasteiger partial charge in [0.05, 0.1) is 23.1 Å². The average molecular weight is 496 g/mol. The number of halogens is 1. The molecule has 0 heterocycles. The number of benzene rings is 1. The van der Waals surface area contributed by atoms with Crippen LogP contribution in [0.1, 0.15) is 94.0 Å². The molecule has 0 saturated heterocycles. The molecular weight excluding hydrogens is 457 g/mol. The van der Waals surface area contributed by atoms with E-state index in [9.17, 15) is 19.2 Å². The van der Waals surface area contributed by atoms with Crippen molar-refractivity contribution in [2.24, 2.45) is 29.1 Å². The van der Waals surface area contributed by atoms with Crippen LogP contribution in [0, 0.1) is 46.2 Å². The van der Waals surface area contributed by atoms with Gasteiger partial charge in [0.15, 0.2) is 0 Å². The third-order valence-corrected chi connectivity index (χ3v) is 9.46. The number of nitrogens with one attached hydrogen (secondary N) is 2. The van der Waals surface area contributed by atoms with Gasteiger partial charge in [-0.25, -0.2) is 4.39 Å². The highest BCUT2D eigenvalue weighted by Crippen LogP contribution is 2.49. The maximum Gasteiger partial charge on any atom is 0.254 e. The molecule has 4 fully saturated rings. The summed E-state index contributed by atoms with van der Waals surface area (Å²) in [4.78, 5) is 26.5. The zero-order valence-electron chi connectivity index (χ0n) is 21.4. The number of carbonyl (C=O) groups is 2. The van der Waals surface area contributed by atoms with E-state index in [4.69, 9.17) is 4.74 Å². The largest absolute Gasteiger partial charge is 0.489 e. The minimum absolute atomic E-state index is 0.0106. The molecule has 5 rings (SSSR count). The summed E-state index contributed by atoms with van der Waals surface area (Å²) in [5.41, 5.74) is 0.158. The molecule has 0 aromatic heterocycles. The van der Waals surface area contributed by atoms with E-state index >= 15 is 0 Å². The lowest BCUT2D eigenvalue weighted by Crippen LogP contribution is -2.51. The van der Waals surface area contributed by atoms with Crippen molar-refractivity contribution in [2.75, 3.05) is 6.54 Å². The quantitative estimate of drug-likeness (QED) is 0.550. The first-order chi connectivity index (χ1) is 17.3. The number of carbonyl (C=O) groups excluding carboxylic acids is 2. The smallest absolute Gasteiger partial charge is 0.254 e. The summed E-state index contributed by atoms with van der Waals surface area (Å²) in [7, 11) is 0. The van der Waals surface area contributed by atoms with Crippen LogP contribution >= 0.6 is 0 Å². The number of nitrogens with zero attached hydrogens (tertiary/aromatic N) is 1. The molecule has 1 aromatic carbocycles. The minimum Gasteiger partial charge on any atom is -0.489 e. The van der Waals surface area contributed by atoms with Gasteiger partial charge in [-0.15, -0.1) is 0 Å². The average Bonchev–Trinajstić information content (AvgIpc) is 3.45. The van der Waals surface area contributed by atoms with Crippen LogP contribution in [-0.4, -0.2) is 30.5 Å². The van der Waals surface area contributed by atoms with Crippen molar-refractivity contribution in [3.05, 3.63) is 29.1 Å². The zero-order chi connectivity index (χ0) is 25.4. The van der Waals surface area contributed by atoms with Crippen LogP contribution in [0.4, 0.5) is 4.39 Å². The summed E-state index contributed by atoms with van der Waals surface area (Å²) in [5.74, 6) is -0.147. The molecule has 4 aliphatic rings. The molecule has 194 valence electrons. The Hall–Kier alpha value is -2.62. The molecule has 0 unspecified atom stereocenters. The molecule has 36 heavy (non-hydrogen) atoms. The first-order valence-electron chi connectivity index (χ1n) is 13.8. The number of ether oxygens (including phenoxy) is 1. The minimum atomic E-state index is -0.740. The Morgan fingerprint density at radius 1 is 1.14 bits per heavy atom. The van der Waals surface area contributed by atoms with Gasteiger partial charge >= 0.3 is 0 Å². The second kappa shape index (κ2) is 10.0. The van der Waals surface area contributed by atoms with Gasteiger partial charge in [0, 0.05) is 12.6 Å². The summed E-state index contributed by atoms with van der Waals surface area (Å²) in [6, 6.07) is 4.18. The molecule has 0 spiro atoms. The Bertz CT molecular complexity index is 1050. The molecule has 1 aromatic rings. The lowest BCUT2D eigenvalue weighted by atomic mass is 9.70. The van der Waals surface area contributed by atoms with E-state index in [1.54, 1.807) is 0 Å². The number of fused-ring (bicyclic) bond motifs is 2.